The Bertz CT molecular complexity index is 415. The molecular weight excluding hydrogens is 200 g/mol. The fourth-order valence-corrected chi connectivity index (χ4v) is 1.27. The van der Waals surface area contributed by atoms with Crippen LogP contribution in [0.5, 0.6) is 0 Å². The van der Waals surface area contributed by atoms with Crippen LogP contribution in [0.3, 0.4) is 0 Å². The van der Waals surface area contributed by atoms with Crippen LogP contribution in [0.4, 0.5) is 0 Å². The standard InChI is InChI=1S/C14H12O2/c1-3-5-7-11-12(8-6-4-2)14(16)10-9-13(11)15/h3-10H,1-2H2/b7-5+,8-6+. The highest BCUT2D eigenvalue weighted by Gasteiger charge is 2.18. The Morgan fingerprint density at radius 3 is 1.50 bits per heavy atom. The van der Waals surface area contributed by atoms with Crippen molar-refractivity contribution in [3.8, 4) is 0 Å². The molecule has 0 heterocycles. The number of hydrogen-bond acceptors (Lipinski definition) is 2. The fourth-order valence-electron chi connectivity index (χ4n) is 1.27. The van der Waals surface area contributed by atoms with Gasteiger partial charge in [0.2, 0.25) is 0 Å². The van der Waals surface area contributed by atoms with Crippen LogP contribution >= 0.6 is 0 Å². The van der Waals surface area contributed by atoms with E-state index >= 15 is 0 Å². The molecule has 0 saturated carbocycles. The summed E-state index contributed by atoms with van der Waals surface area (Å²) >= 11 is 0. The van der Waals surface area contributed by atoms with Gasteiger partial charge >= 0.3 is 0 Å². The third kappa shape index (κ3) is 2.64. The predicted molar refractivity (Wildman–Crippen MR) is 64.9 cm³/mol. The third-order valence-electron chi connectivity index (χ3n) is 2.01. The second-order valence-corrected chi connectivity index (χ2v) is 3.08. The first-order valence-corrected chi connectivity index (χ1v) is 4.80. The molecule has 2 heteroatoms. The van der Waals surface area contributed by atoms with Crippen LogP contribution in [0, 0.1) is 0 Å². The van der Waals surface area contributed by atoms with Crippen LogP contribution in [0.1, 0.15) is 0 Å². The van der Waals surface area contributed by atoms with Gasteiger partial charge in [-0.1, -0.05) is 49.6 Å². The molecule has 2 nitrogen and oxygen atoms in total. The molecule has 0 aromatic carbocycles. The summed E-state index contributed by atoms with van der Waals surface area (Å²) in [6.07, 6.45) is 12.1. The molecule has 0 saturated heterocycles. The highest BCUT2D eigenvalue weighted by Crippen LogP contribution is 2.17. The van der Waals surface area contributed by atoms with E-state index in [0.717, 1.165) is 0 Å². The minimum Gasteiger partial charge on any atom is -0.289 e. The number of carbonyl (C=O) groups is 2. The first-order chi connectivity index (χ1) is 7.70. The maximum absolute atomic E-state index is 11.6. The molecule has 0 aromatic heterocycles. The lowest BCUT2D eigenvalue weighted by Crippen LogP contribution is -2.11. The topological polar surface area (TPSA) is 34.1 Å². The largest absolute Gasteiger partial charge is 0.289 e. The molecule has 0 N–H and O–H groups in total. The molecule has 16 heavy (non-hydrogen) atoms. The number of carbonyl (C=O) groups excluding carboxylic acids is 2. The van der Waals surface area contributed by atoms with Crippen LogP contribution in [0.25, 0.3) is 0 Å². The Kier molecular flexibility index (Phi) is 4.16. The molecular formula is C14H12O2. The molecule has 0 aromatic rings. The average Bonchev–Trinajstić information content (AvgIpc) is 2.29. The minimum atomic E-state index is -0.179. The summed E-state index contributed by atoms with van der Waals surface area (Å²) in [6.45, 7) is 7.04. The van der Waals surface area contributed by atoms with E-state index in [1.807, 2.05) is 0 Å². The van der Waals surface area contributed by atoms with Crippen molar-refractivity contribution < 1.29 is 9.59 Å². The first kappa shape index (κ1) is 11.9. The van der Waals surface area contributed by atoms with Crippen LogP contribution in [0.2, 0.25) is 0 Å². The predicted octanol–water partition coefficient (Wildman–Crippen LogP) is 2.48. The van der Waals surface area contributed by atoms with Gasteiger partial charge in [0.25, 0.3) is 0 Å². The highest BCUT2D eigenvalue weighted by atomic mass is 16.1. The van der Waals surface area contributed by atoms with Gasteiger partial charge in [-0.05, 0) is 12.2 Å². The fraction of sp³-hybridized carbons (Fsp3) is 0. The van der Waals surface area contributed by atoms with Crippen LogP contribution in [-0.2, 0) is 9.59 Å². The molecule has 1 aliphatic carbocycles. The molecule has 0 bridgehead atoms. The summed E-state index contributed by atoms with van der Waals surface area (Å²) < 4.78 is 0. The number of allylic oxidation sites excluding steroid dienone is 10. The minimum absolute atomic E-state index is 0.179. The third-order valence-corrected chi connectivity index (χ3v) is 2.01. The van der Waals surface area contributed by atoms with Gasteiger partial charge in [-0.3, -0.25) is 9.59 Å². The van der Waals surface area contributed by atoms with E-state index in [9.17, 15) is 9.59 Å². The lowest BCUT2D eigenvalue weighted by Gasteiger charge is -2.07. The highest BCUT2D eigenvalue weighted by molar-refractivity contribution is 6.22. The smallest absolute Gasteiger partial charge is 0.186 e. The van der Waals surface area contributed by atoms with E-state index in [0.29, 0.717) is 11.1 Å². The second-order valence-electron chi connectivity index (χ2n) is 3.08. The van der Waals surface area contributed by atoms with E-state index in [2.05, 4.69) is 13.2 Å². The number of ketones is 2. The zero-order valence-electron chi connectivity index (χ0n) is 8.85. The van der Waals surface area contributed by atoms with Crippen LogP contribution in [-0.4, -0.2) is 11.6 Å². The van der Waals surface area contributed by atoms with E-state index in [1.54, 1.807) is 36.5 Å². The zero-order chi connectivity index (χ0) is 12.0. The Morgan fingerprint density at radius 2 is 1.19 bits per heavy atom. The summed E-state index contributed by atoms with van der Waals surface area (Å²) in [7, 11) is 0. The van der Waals surface area contributed by atoms with E-state index in [4.69, 9.17) is 0 Å². The van der Waals surface area contributed by atoms with Crippen LogP contribution in [0.15, 0.2) is 72.9 Å². The summed E-state index contributed by atoms with van der Waals surface area (Å²) in [5, 5.41) is 0. The van der Waals surface area contributed by atoms with Crippen molar-refractivity contribution in [2.24, 2.45) is 0 Å². The molecule has 0 aliphatic heterocycles. The molecule has 0 atom stereocenters. The van der Waals surface area contributed by atoms with Crippen molar-refractivity contribution in [3.05, 3.63) is 72.9 Å². The normalized spacial score (nSPS) is 16.5. The van der Waals surface area contributed by atoms with Gasteiger partial charge in [0, 0.05) is 11.1 Å². The Labute approximate surface area is 94.7 Å². The van der Waals surface area contributed by atoms with Gasteiger partial charge in [-0.15, -0.1) is 0 Å². The lowest BCUT2D eigenvalue weighted by molar-refractivity contribution is -0.114. The molecule has 1 rings (SSSR count). The van der Waals surface area contributed by atoms with Crippen molar-refractivity contribution >= 4 is 11.6 Å². The number of rotatable bonds is 4. The summed E-state index contributed by atoms with van der Waals surface area (Å²) in [5.41, 5.74) is 0.760. The summed E-state index contributed by atoms with van der Waals surface area (Å²) in [5.74, 6) is -0.358. The lowest BCUT2D eigenvalue weighted by atomic mass is 9.94. The first-order valence-electron chi connectivity index (χ1n) is 4.80. The monoisotopic (exact) mass is 212 g/mol. The molecule has 0 fully saturated rings. The van der Waals surface area contributed by atoms with Crippen molar-refractivity contribution in [1.82, 2.24) is 0 Å². The molecule has 0 unspecified atom stereocenters. The Hall–Kier alpha value is -2.22. The van der Waals surface area contributed by atoms with Gasteiger partial charge in [0.05, 0.1) is 0 Å². The van der Waals surface area contributed by atoms with Gasteiger partial charge in [-0.2, -0.15) is 0 Å². The molecule has 0 radical (unpaired) electrons. The van der Waals surface area contributed by atoms with Gasteiger partial charge in [0.15, 0.2) is 11.6 Å². The van der Waals surface area contributed by atoms with Crippen molar-refractivity contribution in [3.63, 3.8) is 0 Å². The maximum atomic E-state index is 11.6. The Morgan fingerprint density at radius 1 is 0.812 bits per heavy atom. The van der Waals surface area contributed by atoms with Crippen molar-refractivity contribution in [2.75, 3.05) is 0 Å². The zero-order valence-corrected chi connectivity index (χ0v) is 8.85. The number of hydrogen-bond donors (Lipinski definition) is 0. The summed E-state index contributed by atoms with van der Waals surface area (Å²) in [4.78, 5) is 23.2. The second kappa shape index (κ2) is 5.61. The quantitative estimate of drug-likeness (QED) is 0.530. The summed E-state index contributed by atoms with van der Waals surface area (Å²) in [6, 6.07) is 0. The molecule has 1 aliphatic rings. The van der Waals surface area contributed by atoms with Crippen molar-refractivity contribution in [2.45, 2.75) is 0 Å². The van der Waals surface area contributed by atoms with Gasteiger partial charge in [0.1, 0.15) is 0 Å². The van der Waals surface area contributed by atoms with E-state index in [-0.39, 0.29) is 11.6 Å². The maximum Gasteiger partial charge on any atom is 0.186 e. The van der Waals surface area contributed by atoms with Gasteiger partial charge in [-0.25, -0.2) is 0 Å². The Balaban J connectivity index is 3.24. The molecule has 0 amide bonds. The van der Waals surface area contributed by atoms with E-state index < -0.39 is 0 Å². The van der Waals surface area contributed by atoms with E-state index in [1.165, 1.54) is 12.2 Å². The van der Waals surface area contributed by atoms with Crippen LogP contribution < -0.4 is 0 Å². The average molecular weight is 212 g/mol. The SMILES string of the molecule is C=C/C=C/C1=C(/C=C/C=C)C(=O)C=CC1=O. The van der Waals surface area contributed by atoms with Crippen molar-refractivity contribution in [1.29, 1.82) is 0 Å². The molecule has 0 spiro atoms. The molecule has 80 valence electrons. The van der Waals surface area contributed by atoms with Gasteiger partial charge < -0.3 is 0 Å².